The lowest BCUT2D eigenvalue weighted by Gasteiger charge is -2.41. The summed E-state index contributed by atoms with van der Waals surface area (Å²) in [5, 5.41) is 2.15. The summed E-state index contributed by atoms with van der Waals surface area (Å²) in [6.07, 6.45) is 0. The van der Waals surface area contributed by atoms with E-state index in [9.17, 15) is 9.59 Å². The Morgan fingerprint density at radius 3 is 1.16 bits per heavy atom. The first-order valence-electron chi connectivity index (χ1n) is 25.9. The third-order valence-electron chi connectivity index (χ3n) is 16.1. The minimum Gasteiger partial charge on any atom is -0.457 e. The van der Waals surface area contributed by atoms with E-state index in [0.29, 0.717) is 11.1 Å². The molecule has 2 aromatic heterocycles. The van der Waals surface area contributed by atoms with Crippen molar-refractivity contribution in [1.29, 1.82) is 0 Å². The second-order valence-electron chi connectivity index (χ2n) is 20.1. The van der Waals surface area contributed by atoms with E-state index in [1.807, 2.05) is 84.9 Å². The van der Waals surface area contributed by atoms with Crippen LogP contribution in [0.25, 0.3) is 55.1 Å². The van der Waals surface area contributed by atoms with Crippen molar-refractivity contribution in [3.8, 4) is 22.3 Å². The third kappa shape index (κ3) is 5.92. The van der Waals surface area contributed by atoms with E-state index >= 15 is 0 Å². The maximum atomic E-state index is 14.9. The molecule has 12 aromatic rings. The molecule has 0 bridgehead atoms. The van der Waals surface area contributed by atoms with Crippen LogP contribution in [0, 0.1) is 0 Å². The zero-order valence-electron chi connectivity index (χ0n) is 40.9. The van der Waals surface area contributed by atoms with Gasteiger partial charge in [0.1, 0.15) is 13.2 Å². The summed E-state index contributed by atoms with van der Waals surface area (Å²) in [5.74, 6) is -0.741. The van der Waals surface area contributed by atoms with Gasteiger partial charge in [0, 0.05) is 67.1 Å². The number of carbonyl (C=O) groups excluding carboxylic acids is 2. The van der Waals surface area contributed by atoms with Gasteiger partial charge in [-0.05, 0) is 105 Å². The number of para-hydroxylation sites is 6. The van der Waals surface area contributed by atoms with Crippen molar-refractivity contribution in [3.05, 3.63) is 253 Å². The number of esters is 2. The fourth-order valence-electron chi connectivity index (χ4n) is 13.2. The van der Waals surface area contributed by atoms with Crippen LogP contribution in [-0.4, -0.2) is 34.6 Å². The minimum absolute atomic E-state index is 0.155. The fraction of sp³-hybridized carbons (Fsp3) is 0.0303. The first kappa shape index (κ1) is 42.7. The minimum atomic E-state index is -0.370. The van der Waals surface area contributed by atoms with Crippen molar-refractivity contribution in [2.45, 2.75) is 13.2 Å². The predicted octanol–water partition coefficient (Wildman–Crippen LogP) is 12.3. The van der Waals surface area contributed by atoms with E-state index < -0.39 is 0 Å². The Bertz CT molecular complexity index is 4140. The van der Waals surface area contributed by atoms with Gasteiger partial charge in [0.15, 0.2) is 0 Å². The molecule has 0 spiro atoms. The van der Waals surface area contributed by atoms with Crippen molar-refractivity contribution in [1.82, 2.24) is 8.96 Å². The normalized spacial score (nSPS) is 13.1. The topological polar surface area (TPSA) is 68.9 Å². The SMILES string of the molecule is O=C(OCc1ccccc1)c1ccc2c3c1-c1cccc4c1n(c1c5cccc6c5n(c41)B1c4ccccc4N(c4ccccc4)c4ccc(C(=O)OCc5ccccc5)c-6c41)B3c1ccccc1N2c1ccccc1. The van der Waals surface area contributed by atoms with E-state index in [0.717, 1.165) is 122 Å². The number of anilines is 6. The van der Waals surface area contributed by atoms with Crippen LogP contribution < -0.4 is 31.7 Å². The Labute approximate surface area is 438 Å². The Kier molecular flexibility index (Phi) is 9.19. The molecule has 6 heterocycles. The summed E-state index contributed by atoms with van der Waals surface area (Å²) in [5.41, 5.74) is 21.4. The maximum Gasteiger partial charge on any atom is 0.339 e. The number of fused-ring (bicyclic) bond motifs is 13. The molecule has 0 saturated heterocycles. The first-order valence-corrected chi connectivity index (χ1v) is 25.9. The number of ether oxygens (including phenoxy) is 2. The van der Waals surface area contributed by atoms with Crippen LogP contribution >= 0.6 is 0 Å². The molecule has 16 rings (SSSR count). The largest absolute Gasteiger partial charge is 0.457 e. The summed E-state index contributed by atoms with van der Waals surface area (Å²) in [6, 6.07) is 79.5. The molecule has 0 unspecified atom stereocenters. The molecule has 4 aliphatic heterocycles. The molecule has 4 aliphatic rings. The molecule has 76 heavy (non-hydrogen) atoms. The Morgan fingerprint density at radius 1 is 0.355 bits per heavy atom. The van der Waals surface area contributed by atoms with Crippen molar-refractivity contribution in [2.24, 2.45) is 0 Å². The standard InChI is InChI=1S/C66H42B2N4O4/c73-65(75-39-41-19-5-1-6-20-41)47-35-37-55-59-57(47)45-27-17-29-49-61(45)71(67(59)51-31-13-15-33-53(51)69(55)43-23-9-3-10-24-43)64-50-30-18-28-46-58-48(66(74)76-40-42-21-7-2-8-22-42)36-38-56-60(58)68(72(62(46)50)63(49)64)52-32-14-16-34-54(52)70(56)44-25-11-4-12-26-44/h1-38H,39-40H2. The smallest absolute Gasteiger partial charge is 0.339 e. The number of carbonyl (C=O) groups is 2. The van der Waals surface area contributed by atoms with Crippen LogP contribution in [0.3, 0.4) is 0 Å². The molecule has 8 nitrogen and oxygen atoms in total. The molecule has 0 radical (unpaired) electrons. The zero-order chi connectivity index (χ0) is 50.2. The van der Waals surface area contributed by atoms with Crippen LogP contribution in [-0.2, 0) is 22.7 Å². The Balaban J connectivity index is 1.01. The van der Waals surface area contributed by atoms with E-state index in [1.54, 1.807) is 0 Å². The Morgan fingerprint density at radius 2 is 0.737 bits per heavy atom. The van der Waals surface area contributed by atoms with Crippen LogP contribution in [0.5, 0.6) is 0 Å². The van der Waals surface area contributed by atoms with E-state index in [2.05, 4.69) is 164 Å². The van der Waals surface area contributed by atoms with Gasteiger partial charge in [-0.3, -0.25) is 0 Å². The van der Waals surface area contributed by atoms with Crippen LogP contribution in [0.1, 0.15) is 31.8 Å². The highest BCUT2D eigenvalue weighted by molar-refractivity contribution is 6.92. The van der Waals surface area contributed by atoms with Crippen LogP contribution in [0.2, 0.25) is 0 Å². The summed E-state index contributed by atoms with van der Waals surface area (Å²) in [6.45, 7) is -0.394. The van der Waals surface area contributed by atoms with E-state index in [1.165, 1.54) is 0 Å². The Hall–Kier alpha value is -9.79. The number of aromatic nitrogens is 2. The molecule has 0 aliphatic carbocycles. The fourth-order valence-corrected chi connectivity index (χ4v) is 13.2. The van der Waals surface area contributed by atoms with Crippen molar-refractivity contribution < 1.29 is 19.1 Å². The van der Waals surface area contributed by atoms with Gasteiger partial charge >= 0.3 is 25.6 Å². The van der Waals surface area contributed by atoms with Gasteiger partial charge in [-0.1, -0.05) is 170 Å². The molecular formula is C66H42B2N4O4. The lowest BCUT2D eigenvalue weighted by molar-refractivity contribution is 0.0465. The second-order valence-corrected chi connectivity index (χ2v) is 20.1. The predicted molar refractivity (Wildman–Crippen MR) is 307 cm³/mol. The van der Waals surface area contributed by atoms with Crippen molar-refractivity contribution >= 4 is 114 Å². The van der Waals surface area contributed by atoms with Gasteiger partial charge in [0.25, 0.3) is 0 Å². The summed E-state index contributed by atoms with van der Waals surface area (Å²) < 4.78 is 17.6. The van der Waals surface area contributed by atoms with E-state index in [-0.39, 0.29) is 38.8 Å². The van der Waals surface area contributed by atoms with Gasteiger partial charge in [-0.2, -0.15) is 0 Å². The molecule has 0 amide bonds. The number of benzene rings is 10. The molecule has 0 saturated carbocycles. The molecule has 0 fully saturated rings. The van der Waals surface area contributed by atoms with Gasteiger partial charge in [-0.25, -0.2) is 9.59 Å². The number of hydrogen-bond acceptors (Lipinski definition) is 6. The van der Waals surface area contributed by atoms with E-state index in [4.69, 9.17) is 9.47 Å². The molecular weight excluding hydrogens is 934 g/mol. The highest BCUT2D eigenvalue weighted by atomic mass is 16.5. The highest BCUT2D eigenvalue weighted by Gasteiger charge is 2.48. The molecule has 10 aromatic carbocycles. The third-order valence-corrected chi connectivity index (χ3v) is 16.1. The molecule has 0 atom stereocenters. The van der Waals surface area contributed by atoms with Crippen LogP contribution in [0.15, 0.2) is 231 Å². The molecule has 0 N–H and O–H groups in total. The van der Waals surface area contributed by atoms with Gasteiger partial charge in [0.2, 0.25) is 0 Å². The van der Waals surface area contributed by atoms with Crippen molar-refractivity contribution in [3.63, 3.8) is 0 Å². The first-order chi connectivity index (χ1) is 37.6. The van der Waals surface area contributed by atoms with Gasteiger partial charge < -0.3 is 28.2 Å². The van der Waals surface area contributed by atoms with Gasteiger partial charge in [0.05, 0.1) is 22.2 Å². The van der Waals surface area contributed by atoms with Crippen molar-refractivity contribution in [2.75, 3.05) is 9.80 Å². The summed E-state index contributed by atoms with van der Waals surface area (Å²) in [7, 11) is 0. The molecule has 356 valence electrons. The quantitative estimate of drug-likeness (QED) is 0.112. The summed E-state index contributed by atoms with van der Waals surface area (Å²) in [4.78, 5) is 34.4. The van der Waals surface area contributed by atoms with Gasteiger partial charge in [-0.15, -0.1) is 0 Å². The average Bonchev–Trinajstić information content (AvgIpc) is 4.01. The second kappa shape index (κ2) is 16.4. The molecule has 10 heteroatoms. The van der Waals surface area contributed by atoms with Crippen LogP contribution in [0.4, 0.5) is 34.1 Å². The number of nitrogens with zero attached hydrogens (tertiary/aromatic N) is 4. The summed E-state index contributed by atoms with van der Waals surface area (Å²) >= 11 is 0. The lowest BCUT2D eigenvalue weighted by atomic mass is 9.44. The monoisotopic (exact) mass is 976 g/mol. The average molecular weight is 977 g/mol. The number of rotatable bonds is 8. The number of hydrogen-bond donors (Lipinski definition) is 0. The zero-order valence-corrected chi connectivity index (χ0v) is 40.9. The lowest BCUT2D eigenvalue weighted by Crippen LogP contribution is -2.57. The maximum absolute atomic E-state index is 14.9. The highest BCUT2D eigenvalue weighted by Crippen LogP contribution is 2.52.